The highest BCUT2D eigenvalue weighted by atomic mass is 16.4. The number of carbonyl (C=O) groups is 3. The van der Waals surface area contributed by atoms with Crippen LogP contribution in [0.25, 0.3) is 0 Å². The predicted molar refractivity (Wildman–Crippen MR) is 125 cm³/mol. The van der Waals surface area contributed by atoms with Crippen LogP contribution >= 0.6 is 0 Å². The number of benzene rings is 1. The van der Waals surface area contributed by atoms with Gasteiger partial charge in [0.2, 0.25) is 11.8 Å². The zero-order valence-corrected chi connectivity index (χ0v) is 19.3. The average molecular weight is 460 g/mol. The minimum absolute atomic E-state index is 0.0120. The topological polar surface area (TPSA) is 119 Å². The van der Waals surface area contributed by atoms with Crippen LogP contribution in [0.5, 0.6) is 0 Å². The summed E-state index contributed by atoms with van der Waals surface area (Å²) < 4.78 is 0. The fraction of sp³-hybridized carbons (Fsp3) is 0.640. The molecule has 1 fully saturated rings. The molecule has 1 aliphatic carbocycles. The fourth-order valence-corrected chi connectivity index (χ4v) is 5.02. The molecule has 1 aromatic carbocycles. The van der Waals surface area contributed by atoms with Crippen molar-refractivity contribution in [3.8, 4) is 0 Å². The lowest BCUT2D eigenvalue weighted by Crippen LogP contribution is -2.51. The van der Waals surface area contributed by atoms with E-state index < -0.39 is 24.1 Å². The van der Waals surface area contributed by atoms with Crippen molar-refractivity contribution in [3.63, 3.8) is 0 Å². The maximum absolute atomic E-state index is 12.8. The van der Waals surface area contributed by atoms with Gasteiger partial charge in [0.15, 0.2) is 0 Å². The molecule has 0 spiro atoms. The number of hydrogen-bond donors (Lipinski definition) is 4. The molecular formula is C25H37N3O5. The average Bonchev–Trinajstić information content (AvgIpc) is 3.04. The van der Waals surface area contributed by atoms with Crippen molar-refractivity contribution in [1.29, 1.82) is 0 Å². The smallest absolute Gasteiger partial charge is 0.405 e. The molecule has 8 nitrogen and oxygen atoms in total. The number of carbonyl (C=O) groups excluding carboxylic acids is 2. The Balaban J connectivity index is 1.49. The summed E-state index contributed by atoms with van der Waals surface area (Å²) in [6.45, 7) is 1.03. The summed E-state index contributed by atoms with van der Waals surface area (Å²) in [7, 11) is 0. The highest BCUT2D eigenvalue weighted by Crippen LogP contribution is 2.27. The van der Waals surface area contributed by atoms with Crippen molar-refractivity contribution in [2.75, 3.05) is 19.7 Å². The Labute approximate surface area is 195 Å². The first-order valence-corrected chi connectivity index (χ1v) is 12.2. The second-order valence-corrected chi connectivity index (χ2v) is 9.32. The van der Waals surface area contributed by atoms with Gasteiger partial charge in [0.05, 0.1) is 12.6 Å². The standard InChI is InChI=1S/C25H37N3O5/c29-17-21(26-24(31)22(27-25(32)33)16-18-6-2-1-3-7-18)10-11-23(30)28-14-12-19-8-4-5-9-20(19)13-15-28/h4-5,8-9,18,21-22,27,29H,1-3,6-7,10-17H2,(H,26,31)(H,32,33). The van der Waals surface area contributed by atoms with E-state index in [1.807, 2.05) is 17.0 Å². The molecule has 4 N–H and O–H groups in total. The van der Waals surface area contributed by atoms with E-state index in [1.165, 1.54) is 17.5 Å². The molecule has 3 amide bonds. The predicted octanol–water partition coefficient (Wildman–Crippen LogP) is 2.48. The van der Waals surface area contributed by atoms with Crippen molar-refractivity contribution in [3.05, 3.63) is 35.4 Å². The second kappa shape index (κ2) is 12.6. The molecule has 1 heterocycles. The minimum atomic E-state index is -1.23. The molecule has 0 bridgehead atoms. The number of fused-ring (bicyclic) bond motifs is 1. The Morgan fingerprint density at radius 2 is 1.64 bits per heavy atom. The number of aliphatic hydroxyl groups is 1. The lowest BCUT2D eigenvalue weighted by atomic mass is 9.84. The third-order valence-electron chi connectivity index (χ3n) is 6.95. The van der Waals surface area contributed by atoms with E-state index in [1.54, 1.807) is 0 Å². The van der Waals surface area contributed by atoms with Crippen LogP contribution in [0.15, 0.2) is 24.3 Å². The highest BCUT2D eigenvalue weighted by Gasteiger charge is 2.28. The fourth-order valence-electron chi connectivity index (χ4n) is 5.02. The Kier molecular flexibility index (Phi) is 9.54. The van der Waals surface area contributed by atoms with Crippen LogP contribution in [0.4, 0.5) is 4.79 Å². The molecule has 1 saturated carbocycles. The first kappa shape index (κ1) is 25.0. The number of rotatable bonds is 9. The maximum Gasteiger partial charge on any atom is 0.405 e. The van der Waals surface area contributed by atoms with E-state index >= 15 is 0 Å². The highest BCUT2D eigenvalue weighted by molar-refractivity contribution is 5.85. The number of amides is 3. The number of nitrogens with one attached hydrogen (secondary N) is 2. The van der Waals surface area contributed by atoms with Crippen molar-refractivity contribution in [1.82, 2.24) is 15.5 Å². The van der Waals surface area contributed by atoms with Gasteiger partial charge in [0, 0.05) is 19.5 Å². The molecule has 2 atom stereocenters. The molecule has 8 heteroatoms. The second-order valence-electron chi connectivity index (χ2n) is 9.32. The van der Waals surface area contributed by atoms with Crippen LogP contribution < -0.4 is 10.6 Å². The van der Waals surface area contributed by atoms with E-state index in [0.29, 0.717) is 31.8 Å². The number of hydrogen-bond acceptors (Lipinski definition) is 4. The quantitative estimate of drug-likeness (QED) is 0.452. The van der Waals surface area contributed by atoms with Crippen molar-refractivity contribution >= 4 is 17.9 Å². The molecule has 0 radical (unpaired) electrons. The molecule has 3 rings (SSSR count). The third kappa shape index (κ3) is 7.74. The molecule has 182 valence electrons. The van der Waals surface area contributed by atoms with Gasteiger partial charge < -0.3 is 25.7 Å². The summed E-state index contributed by atoms with van der Waals surface area (Å²) in [5.41, 5.74) is 2.56. The van der Waals surface area contributed by atoms with E-state index in [-0.39, 0.29) is 18.9 Å². The molecule has 1 aliphatic heterocycles. The molecule has 33 heavy (non-hydrogen) atoms. The lowest BCUT2D eigenvalue weighted by Gasteiger charge is -2.27. The van der Waals surface area contributed by atoms with Crippen molar-refractivity contribution in [2.45, 2.75) is 76.3 Å². The summed E-state index contributed by atoms with van der Waals surface area (Å²) >= 11 is 0. The van der Waals surface area contributed by atoms with Gasteiger partial charge in [-0.1, -0.05) is 56.4 Å². The van der Waals surface area contributed by atoms with Gasteiger partial charge in [-0.3, -0.25) is 9.59 Å². The molecule has 2 unspecified atom stereocenters. The van der Waals surface area contributed by atoms with E-state index in [0.717, 1.165) is 38.5 Å². The van der Waals surface area contributed by atoms with Gasteiger partial charge in [-0.25, -0.2) is 4.79 Å². The van der Waals surface area contributed by atoms with Gasteiger partial charge in [-0.05, 0) is 42.7 Å². The lowest BCUT2D eigenvalue weighted by molar-refractivity contribution is -0.132. The van der Waals surface area contributed by atoms with Crippen molar-refractivity contribution < 1.29 is 24.6 Å². The van der Waals surface area contributed by atoms with Crippen LogP contribution in [-0.4, -0.2) is 64.8 Å². The Hall–Kier alpha value is -2.61. The van der Waals surface area contributed by atoms with Crippen LogP contribution in [0.3, 0.4) is 0 Å². The van der Waals surface area contributed by atoms with Crippen molar-refractivity contribution in [2.24, 2.45) is 5.92 Å². The van der Waals surface area contributed by atoms with E-state index in [9.17, 15) is 24.6 Å². The zero-order chi connectivity index (χ0) is 23.6. The normalized spacial score (nSPS) is 18.5. The first-order chi connectivity index (χ1) is 16.0. The van der Waals surface area contributed by atoms with E-state index in [4.69, 9.17) is 0 Å². The molecule has 0 aromatic heterocycles. The first-order valence-electron chi connectivity index (χ1n) is 12.2. The molecular weight excluding hydrogens is 422 g/mol. The summed E-state index contributed by atoms with van der Waals surface area (Å²) in [6.07, 6.45) is 6.82. The SMILES string of the molecule is O=C(O)NC(CC1CCCCC1)C(=O)NC(CO)CCC(=O)N1CCc2ccccc2CC1. The van der Waals surface area contributed by atoms with Crippen LogP contribution in [0.2, 0.25) is 0 Å². The molecule has 1 aromatic rings. The largest absolute Gasteiger partial charge is 0.465 e. The van der Waals surface area contributed by atoms with Crippen LogP contribution in [0.1, 0.15) is 62.5 Å². The van der Waals surface area contributed by atoms with Gasteiger partial charge in [-0.2, -0.15) is 0 Å². The molecule has 0 saturated heterocycles. The Morgan fingerprint density at radius 3 is 2.21 bits per heavy atom. The maximum atomic E-state index is 12.8. The number of aliphatic hydroxyl groups excluding tert-OH is 1. The minimum Gasteiger partial charge on any atom is -0.465 e. The number of nitrogens with zero attached hydrogens (tertiary/aromatic N) is 1. The van der Waals surface area contributed by atoms with E-state index in [2.05, 4.69) is 22.8 Å². The van der Waals surface area contributed by atoms with Gasteiger partial charge in [0.25, 0.3) is 0 Å². The monoisotopic (exact) mass is 459 g/mol. The van der Waals surface area contributed by atoms with Gasteiger partial charge in [-0.15, -0.1) is 0 Å². The number of carboxylic acid groups (broad SMARTS) is 1. The van der Waals surface area contributed by atoms with Crippen LogP contribution in [-0.2, 0) is 22.4 Å². The molecule has 2 aliphatic rings. The Morgan fingerprint density at radius 1 is 1.00 bits per heavy atom. The zero-order valence-electron chi connectivity index (χ0n) is 19.3. The van der Waals surface area contributed by atoms with Gasteiger partial charge in [0.1, 0.15) is 6.04 Å². The Bertz CT molecular complexity index is 782. The summed E-state index contributed by atoms with van der Waals surface area (Å²) in [6, 6.07) is 6.82. The third-order valence-corrected chi connectivity index (χ3v) is 6.95. The van der Waals surface area contributed by atoms with Crippen LogP contribution in [0, 0.1) is 5.92 Å². The summed E-state index contributed by atoms with van der Waals surface area (Å²) in [5, 5.41) is 24.0. The summed E-state index contributed by atoms with van der Waals surface area (Å²) in [5.74, 6) is -0.0970. The summed E-state index contributed by atoms with van der Waals surface area (Å²) in [4.78, 5) is 38.7. The van der Waals surface area contributed by atoms with Gasteiger partial charge >= 0.3 is 6.09 Å².